The van der Waals surface area contributed by atoms with Gasteiger partial charge in [0.15, 0.2) is 0 Å². The predicted molar refractivity (Wildman–Crippen MR) is 60.2 cm³/mol. The third-order valence-electron chi connectivity index (χ3n) is 2.50. The van der Waals surface area contributed by atoms with Crippen LogP contribution < -0.4 is 5.32 Å². The molecule has 0 aliphatic carbocycles. The van der Waals surface area contributed by atoms with Crippen molar-refractivity contribution in [2.24, 2.45) is 0 Å². The van der Waals surface area contributed by atoms with Gasteiger partial charge in [-0.15, -0.1) is 0 Å². The molecule has 2 rings (SSSR count). The summed E-state index contributed by atoms with van der Waals surface area (Å²) in [5.74, 6) is -1.11. The molecule has 0 bridgehead atoms. The SMILES string of the molecule is Cc1[nH]ncc1CNCc1cc(F)cc(F)c1. The molecule has 0 amide bonds. The highest BCUT2D eigenvalue weighted by molar-refractivity contribution is 5.18. The second-order valence-electron chi connectivity index (χ2n) is 3.90. The molecule has 0 fully saturated rings. The van der Waals surface area contributed by atoms with E-state index in [0.717, 1.165) is 17.3 Å². The van der Waals surface area contributed by atoms with E-state index in [9.17, 15) is 8.78 Å². The number of aromatic nitrogens is 2. The van der Waals surface area contributed by atoms with Crippen molar-refractivity contribution in [3.05, 3.63) is 52.9 Å². The van der Waals surface area contributed by atoms with Gasteiger partial charge in [0, 0.05) is 30.4 Å². The molecule has 90 valence electrons. The number of benzene rings is 1. The minimum atomic E-state index is -0.554. The van der Waals surface area contributed by atoms with Crippen molar-refractivity contribution in [1.82, 2.24) is 15.5 Å². The molecule has 1 heterocycles. The molecule has 0 spiro atoms. The summed E-state index contributed by atoms with van der Waals surface area (Å²) in [6, 6.07) is 3.50. The first kappa shape index (κ1) is 11.7. The molecule has 0 unspecified atom stereocenters. The van der Waals surface area contributed by atoms with Gasteiger partial charge in [-0.25, -0.2) is 8.78 Å². The molecular weight excluding hydrogens is 224 g/mol. The Morgan fingerprint density at radius 2 is 1.88 bits per heavy atom. The Kier molecular flexibility index (Phi) is 3.49. The quantitative estimate of drug-likeness (QED) is 0.856. The summed E-state index contributed by atoms with van der Waals surface area (Å²) < 4.78 is 25.8. The number of nitrogens with zero attached hydrogens (tertiary/aromatic N) is 1. The van der Waals surface area contributed by atoms with E-state index in [4.69, 9.17) is 0 Å². The van der Waals surface area contributed by atoms with Crippen LogP contribution in [0.4, 0.5) is 8.78 Å². The first-order valence-electron chi connectivity index (χ1n) is 5.29. The van der Waals surface area contributed by atoms with Crippen LogP contribution in [-0.4, -0.2) is 10.2 Å². The molecule has 0 aliphatic rings. The van der Waals surface area contributed by atoms with Gasteiger partial charge in [0.05, 0.1) is 6.20 Å². The van der Waals surface area contributed by atoms with Crippen LogP contribution in [0.5, 0.6) is 0 Å². The summed E-state index contributed by atoms with van der Waals surface area (Å²) >= 11 is 0. The Hall–Kier alpha value is -1.75. The number of hydrogen-bond donors (Lipinski definition) is 2. The molecule has 0 saturated heterocycles. The molecule has 2 aromatic rings. The van der Waals surface area contributed by atoms with E-state index in [1.54, 1.807) is 6.20 Å². The predicted octanol–water partition coefficient (Wildman–Crippen LogP) is 2.29. The summed E-state index contributed by atoms with van der Waals surface area (Å²) in [4.78, 5) is 0. The summed E-state index contributed by atoms with van der Waals surface area (Å²) in [5, 5.41) is 9.82. The lowest BCUT2D eigenvalue weighted by molar-refractivity contribution is 0.575. The zero-order valence-corrected chi connectivity index (χ0v) is 9.43. The number of nitrogens with one attached hydrogen (secondary N) is 2. The van der Waals surface area contributed by atoms with Gasteiger partial charge in [-0.3, -0.25) is 5.10 Å². The zero-order chi connectivity index (χ0) is 12.3. The Bertz CT molecular complexity index is 488. The highest BCUT2D eigenvalue weighted by Crippen LogP contribution is 2.08. The van der Waals surface area contributed by atoms with Crippen molar-refractivity contribution >= 4 is 0 Å². The normalized spacial score (nSPS) is 10.8. The zero-order valence-electron chi connectivity index (χ0n) is 9.43. The number of hydrogen-bond acceptors (Lipinski definition) is 2. The first-order valence-corrected chi connectivity index (χ1v) is 5.29. The second kappa shape index (κ2) is 5.05. The number of aryl methyl sites for hydroxylation is 1. The largest absolute Gasteiger partial charge is 0.308 e. The van der Waals surface area contributed by atoms with Crippen LogP contribution in [0.3, 0.4) is 0 Å². The summed E-state index contributed by atoms with van der Waals surface area (Å²) in [5.41, 5.74) is 2.62. The smallest absolute Gasteiger partial charge is 0.126 e. The van der Waals surface area contributed by atoms with Gasteiger partial charge in [0.25, 0.3) is 0 Å². The number of aromatic amines is 1. The molecule has 17 heavy (non-hydrogen) atoms. The summed E-state index contributed by atoms with van der Waals surface area (Å²) in [6.07, 6.45) is 1.73. The van der Waals surface area contributed by atoms with Crippen LogP contribution in [0, 0.1) is 18.6 Å². The van der Waals surface area contributed by atoms with Crippen LogP contribution in [-0.2, 0) is 13.1 Å². The van der Waals surface area contributed by atoms with E-state index < -0.39 is 11.6 Å². The average molecular weight is 237 g/mol. The van der Waals surface area contributed by atoms with Crippen molar-refractivity contribution in [1.29, 1.82) is 0 Å². The standard InChI is InChI=1S/C12H13F2N3/c1-8-10(7-16-17-8)6-15-5-9-2-11(13)4-12(14)3-9/h2-4,7,15H,5-6H2,1H3,(H,16,17). The van der Waals surface area contributed by atoms with Crippen LogP contribution in [0.25, 0.3) is 0 Å². The van der Waals surface area contributed by atoms with E-state index in [-0.39, 0.29) is 0 Å². The Balaban J connectivity index is 1.92. The van der Waals surface area contributed by atoms with Crippen LogP contribution in [0.1, 0.15) is 16.8 Å². The molecule has 0 radical (unpaired) electrons. The average Bonchev–Trinajstić information content (AvgIpc) is 2.63. The Morgan fingerprint density at radius 3 is 2.47 bits per heavy atom. The number of rotatable bonds is 4. The fourth-order valence-corrected chi connectivity index (χ4v) is 1.61. The van der Waals surface area contributed by atoms with Crippen molar-refractivity contribution in [3.8, 4) is 0 Å². The minimum Gasteiger partial charge on any atom is -0.308 e. The highest BCUT2D eigenvalue weighted by Gasteiger charge is 2.02. The Labute approximate surface area is 97.9 Å². The fraction of sp³-hybridized carbons (Fsp3) is 0.250. The molecule has 0 aliphatic heterocycles. The molecule has 0 saturated carbocycles. The molecular formula is C12H13F2N3. The maximum Gasteiger partial charge on any atom is 0.126 e. The van der Waals surface area contributed by atoms with Gasteiger partial charge in [-0.05, 0) is 24.6 Å². The maximum absolute atomic E-state index is 12.9. The Morgan fingerprint density at radius 1 is 1.18 bits per heavy atom. The number of H-pyrrole nitrogens is 1. The second-order valence-corrected chi connectivity index (χ2v) is 3.90. The van der Waals surface area contributed by atoms with Gasteiger partial charge < -0.3 is 5.32 Å². The molecule has 3 nitrogen and oxygen atoms in total. The van der Waals surface area contributed by atoms with Crippen molar-refractivity contribution < 1.29 is 8.78 Å². The van der Waals surface area contributed by atoms with Gasteiger partial charge in [0.1, 0.15) is 11.6 Å². The third kappa shape index (κ3) is 3.10. The van der Waals surface area contributed by atoms with Gasteiger partial charge in [-0.2, -0.15) is 5.10 Å². The molecule has 5 heteroatoms. The molecule has 1 aromatic heterocycles. The lowest BCUT2D eigenvalue weighted by atomic mass is 10.2. The first-order chi connectivity index (χ1) is 8.15. The number of halogens is 2. The van der Waals surface area contributed by atoms with Gasteiger partial charge in [0.2, 0.25) is 0 Å². The maximum atomic E-state index is 12.9. The van der Waals surface area contributed by atoms with E-state index >= 15 is 0 Å². The molecule has 0 atom stereocenters. The van der Waals surface area contributed by atoms with E-state index in [1.807, 2.05) is 6.92 Å². The van der Waals surface area contributed by atoms with E-state index in [2.05, 4.69) is 15.5 Å². The lowest BCUT2D eigenvalue weighted by Crippen LogP contribution is -2.13. The van der Waals surface area contributed by atoms with Crippen LogP contribution in [0.15, 0.2) is 24.4 Å². The van der Waals surface area contributed by atoms with Crippen molar-refractivity contribution in [3.63, 3.8) is 0 Å². The minimum absolute atomic E-state index is 0.416. The van der Waals surface area contributed by atoms with Crippen LogP contribution in [0.2, 0.25) is 0 Å². The van der Waals surface area contributed by atoms with Crippen molar-refractivity contribution in [2.75, 3.05) is 0 Å². The summed E-state index contributed by atoms with van der Waals surface area (Å²) in [7, 11) is 0. The van der Waals surface area contributed by atoms with E-state index in [0.29, 0.717) is 18.7 Å². The van der Waals surface area contributed by atoms with Gasteiger partial charge >= 0.3 is 0 Å². The topological polar surface area (TPSA) is 40.7 Å². The molecule has 2 N–H and O–H groups in total. The fourth-order valence-electron chi connectivity index (χ4n) is 1.61. The summed E-state index contributed by atoms with van der Waals surface area (Å²) in [6.45, 7) is 2.95. The molecule has 1 aromatic carbocycles. The van der Waals surface area contributed by atoms with Gasteiger partial charge in [-0.1, -0.05) is 0 Å². The third-order valence-corrected chi connectivity index (χ3v) is 2.50. The van der Waals surface area contributed by atoms with Crippen molar-refractivity contribution in [2.45, 2.75) is 20.0 Å². The van der Waals surface area contributed by atoms with E-state index in [1.165, 1.54) is 12.1 Å². The monoisotopic (exact) mass is 237 g/mol. The lowest BCUT2D eigenvalue weighted by Gasteiger charge is -2.04. The van der Waals surface area contributed by atoms with Crippen LogP contribution >= 0.6 is 0 Å². The highest BCUT2D eigenvalue weighted by atomic mass is 19.1.